The molecule has 1 saturated carbocycles. The maximum absolute atomic E-state index is 14.4. The predicted octanol–water partition coefficient (Wildman–Crippen LogP) is 5.97. The van der Waals surface area contributed by atoms with E-state index in [0.29, 0.717) is 31.3 Å². The van der Waals surface area contributed by atoms with Crippen LogP contribution in [0.25, 0.3) is 0 Å². The van der Waals surface area contributed by atoms with Crippen LogP contribution in [0.15, 0.2) is 24.3 Å². The average Bonchev–Trinajstić information content (AvgIpc) is 2.64. The van der Waals surface area contributed by atoms with Crippen LogP contribution in [-0.2, 0) is 15.6 Å². The summed E-state index contributed by atoms with van der Waals surface area (Å²) in [6.45, 7) is 0.641. The standard InChI is InChI=1S/C21H17F7O3/c22-14-4-11(20-29-8-12(9-30-20)10-2-1-3-10)5-15(23)18(14)21(27,28)31-13-6-16(24)19(26)17(25)7-13/h4-7,10,12,20H,1-3,8-9H2. The highest BCUT2D eigenvalue weighted by molar-refractivity contribution is 5.32. The molecule has 4 rings (SSSR count). The molecule has 0 spiro atoms. The van der Waals surface area contributed by atoms with Crippen LogP contribution in [0.1, 0.15) is 36.7 Å². The SMILES string of the molecule is Fc1cc(OC(F)(F)c2c(F)cc(C3OCC(C4CCC4)CO3)cc2F)cc(F)c1F. The smallest absolute Gasteiger partial charge is 0.429 e. The Morgan fingerprint density at radius 1 is 0.774 bits per heavy atom. The molecule has 168 valence electrons. The maximum atomic E-state index is 14.4. The van der Waals surface area contributed by atoms with Crippen molar-refractivity contribution in [3.63, 3.8) is 0 Å². The zero-order chi connectivity index (χ0) is 22.3. The molecular weight excluding hydrogens is 433 g/mol. The molecule has 1 aliphatic heterocycles. The summed E-state index contributed by atoms with van der Waals surface area (Å²) in [4.78, 5) is 0. The Balaban J connectivity index is 1.52. The first-order valence-electron chi connectivity index (χ1n) is 9.59. The lowest BCUT2D eigenvalue weighted by atomic mass is 9.76. The maximum Gasteiger partial charge on any atom is 0.432 e. The van der Waals surface area contributed by atoms with Crippen molar-refractivity contribution in [1.29, 1.82) is 0 Å². The van der Waals surface area contributed by atoms with Gasteiger partial charge in [-0.15, -0.1) is 0 Å². The molecule has 1 aliphatic carbocycles. The Bertz CT molecular complexity index is 923. The largest absolute Gasteiger partial charge is 0.432 e. The van der Waals surface area contributed by atoms with Gasteiger partial charge in [0.05, 0.1) is 13.2 Å². The van der Waals surface area contributed by atoms with Gasteiger partial charge in [0.15, 0.2) is 23.7 Å². The molecule has 31 heavy (non-hydrogen) atoms. The number of alkyl halides is 2. The fourth-order valence-corrected chi connectivity index (χ4v) is 3.69. The van der Waals surface area contributed by atoms with E-state index in [1.807, 2.05) is 0 Å². The molecule has 1 heterocycles. The number of ether oxygens (including phenoxy) is 3. The van der Waals surface area contributed by atoms with Gasteiger partial charge >= 0.3 is 6.11 Å². The zero-order valence-corrected chi connectivity index (χ0v) is 15.9. The van der Waals surface area contributed by atoms with Crippen molar-refractivity contribution in [1.82, 2.24) is 0 Å². The summed E-state index contributed by atoms with van der Waals surface area (Å²) in [6, 6.07) is 1.52. The van der Waals surface area contributed by atoms with Crippen LogP contribution in [0.2, 0.25) is 0 Å². The second-order valence-corrected chi connectivity index (χ2v) is 7.63. The Hall–Kier alpha value is -2.33. The summed E-state index contributed by atoms with van der Waals surface area (Å²) < 4.78 is 112. The van der Waals surface area contributed by atoms with Gasteiger partial charge in [0, 0.05) is 23.6 Å². The summed E-state index contributed by atoms with van der Waals surface area (Å²) in [7, 11) is 0. The summed E-state index contributed by atoms with van der Waals surface area (Å²) in [5.41, 5.74) is -1.91. The van der Waals surface area contributed by atoms with Crippen LogP contribution in [0.3, 0.4) is 0 Å². The average molecular weight is 450 g/mol. The van der Waals surface area contributed by atoms with Gasteiger partial charge in [-0.3, -0.25) is 0 Å². The second-order valence-electron chi connectivity index (χ2n) is 7.63. The van der Waals surface area contributed by atoms with E-state index in [2.05, 4.69) is 4.74 Å². The van der Waals surface area contributed by atoms with Gasteiger partial charge in [-0.1, -0.05) is 19.3 Å². The normalized spacial score (nSPS) is 22.3. The number of halogens is 7. The van der Waals surface area contributed by atoms with Crippen LogP contribution in [0.4, 0.5) is 30.7 Å². The van der Waals surface area contributed by atoms with Crippen molar-refractivity contribution in [2.45, 2.75) is 31.7 Å². The molecule has 0 N–H and O–H groups in total. The van der Waals surface area contributed by atoms with Gasteiger partial charge in [-0.25, -0.2) is 22.0 Å². The van der Waals surface area contributed by atoms with E-state index in [9.17, 15) is 30.7 Å². The molecular formula is C21H17F7O3. The van der Waals surface area contributed by atoms with Crippen molar-refractivity contribution in [3.8, 4) is 5.75 Å². The van der Waals surface area contributed by atoms with Crippen LogP contribution in [-0.4, -0.2) is 13.2 Å². The summed E-state index contributed by atoms with van der Waals surface area (Å²) in [5.74, 6) is -9.33. The number of hydrogen-bond donors (Lipinski definition) is 0. The highest BCUT2D eigenvalue weighted by Crippen LogP contribution is 2.40. The van der Waals surface area contributed by atoms with E-state index < -0.39 is 52.8 Å². The zero-order valence-electron chi connectivity index (χ0n) is 15.9. The molecule has 0 amide bonds. The van der Waals surface area contributed by atoms with Crippen molar-refractivity contribution in [2.75, 3.05) is 13.2 Å². The molecule has 0 bridgehead atoms. The van der Waals surface area contributed by atoms with Gasteiger partial charge in [0.25, 0.3) is 0 Å². The molecule has 0 unspecified atom stereocenters. The summed E-state index contributed by atoms with van der Waals surface area (Å²) >= 11 is 0. The van der Waals surface area contributed by atoms with E-state index in [1.165, 1.54) is 0 Å². The third-order valence-corrected chi connectivity index (χ3v) is 5.57. The Morgan fingerprint density at radius 3 is 1.81 bits per heavy atom. The first-order valence-corrected chi connectivity index (χ1v) is 9.59. The second kappa shape index (κ2) is 8.31. The summed E-state index contributed by atoms with van der Waals surface area (Å²) in [5, 5.41) is 0. The highest BCUT2D eigenvalue weighted by atomic mass is 19.3. The predicted molar refractivity (Wildman–Crippen MR) is 92.7 cm³/mol. The van der Waals surface area contributed by atoms with E-state index in [1.54, 1.807) is 0 Å². The van der Waals surface area contributed by atoms with Crippen LogP contribution in [0, 0.1) is 40.9 Å². The fraction of sp³-hybridized carbons (Fsp3) is 0.429. The molecule has 10 heteroatoms. The lowest BCUT2D eigenvalue weighted by Gasteiger charge is -2.38. The Morgan fingerprint density at radius 2 is 1.32 bits per heavy atom. The third-order valence-electron chi connectivity index (χ3n) is 5.57. The first kappa shape index (κ1) is 21.9. The monoisotopic (exact) mass is 450 g/mol. The van der Waals surface area contributed by atoms with Gasteiger partial charge in [-0.05, 0) is 18.1 Å². The highest BCUT2D eigenvalue weighted by Gasteiger charge is 2.42. The minimum Gasteiger partial charge on any atom is -0.429 e. The molecule has 1 saturated heterocycles. The molecule has 0 radical (unpaired) electrons. The molecule has 3 nitrogen and oxygen atoms in total. The van der Waals surface area contributed by atoms with Gasteiger partial charge in [0.1, 0.15) is 22.9 Å². The molecule has 2 aliphatic rings. The van der Waals surface area contributed by atoms with Crippen molar-refractivity contribution in [3.05, 3.63) is 64.5 Å². The number of hydrogen-bond acceptors (Lipinski definition) is 3. The van der Waals surface area contributed by atoms with Crippen molar-refractivity contribution < 1.29 is 44.9 Å². The molecule has 2 fully saturated rings. The third kappa shape index (κ3) is 4.36. The molecule has 0 aromatic heterocycles. The van der Waals surface area contributed by atoms with Crippen molar-refractivity contribution in [2.24, 2.45) is 11.8 Å². The lowest BCUT2D eigenvalue weighted by Crippen LogP contribution is -2.35. The quantitative estimate of drug-likeness (QED) is 0.415. The van der Waals surface area contributed by atoms with E-state index in [4.69, 9.17) is 9.47 Å². The molecule has 0 atom stereocenters. The van der Waals surface area contributed by atoms with Gasteiger partial charge < -0.3 is 14.2 Å². The molecule has 2 aromatic carbocycles. The van der Waals surface area contributed by atoms with E-state index in [0.717, 1.165) is 19.3 Å². The van der Waals surface area contributed by atoms with Crippen LogP contribution >= 0.6 is 0 Å². The van der Waals surface area contributed by atoms with Crippen LogP contribution in [0.5, 0.6) is 5.75 Å². The topological polar surface area (TPSA) is 27.7 Å². The van der Waals surface area contributed by atoms with Gasteiger partial charge in [0.2, 0.25) is 0 Å². The summed E-state index contributed by atoms with van der Waals surface area (Å²) in [6.07, 6.45) is -2.50. The molecule has 2 aromatic rings. The fourth-order valence-electron chi connectivity index (χ4n) is 3.69. The van der Waals surface area contributed by atoms with Gasteiger partial charge in [-0.2, -0.15) is 8.78 Å². The lowest BCUT2D eigenvalue weighted by molar-refractivity contribution is -0.217. The van der Waals surface area contributed by atoms with Crippen molar-refractivity contribution >= 4 is 0 Å². The first-order chi connectivity index (χ1) is 14.7. The van der Waals surface area contributed by atoms with Crippen LogP contribution < -0.4 is 4.74 Å². The Kier molecular flexibility index (Phi) is 5.87. The van der Waals surface area contributed by atoms with E-state index >= 15 is 0 Å². The number of rotatable bonds is 5. The number of benzene rings is 2. The minimum absolute atomic E-state index is 0.138. The Labute approximate surface area is 172 Å². The van der Waals surface area contributed by atoms with E-state index in [-0.39, 0.29) is 23.6 Å². The minimum atomic E-state index is -4.65.